The Bertz CT molecular complexity index is 803. The molecule has 130 valence electrons. The number of carbonyl (C=O) groups excluding carboxylic acids is 1. The van der Waals surface area contributed by atoms with Crippen molar-refractivity contribution in [2.75, 3.05) is 17.1 Å². The van der Waals surface area contributed by atoms with Crippen molar-refractivity contribution in [1.82, 2.24) is 5.32 Å². The Balaban J connectivity index is 2.03. The summed E-state index contributed by atoms with van der Waals surface area (Å²) in [7, 11) is -3.52. The zero-order valence-electron chi connectivity index (χ0n) is 13.5. The fourth-order valence-electron chi connectivity index (χ4n) is 2.25. The molecule has 0 bridgehead atoms. The summed E-state index contributed by atoms with van der Waals surface area (Å²) in [5.74, 6) is 0.378. The molecular weight excluding hydrogens is 352 g/mol. The number of hydrogen-bond acceptors (Lipinski definition) is 4. The smallest absolute Gasteiger partial charge is 0.232 e. The molecule has 0 saturated heterocycles. The minimum Gasteiger partial charge on any atom is -0.467 e. The van der Waals surface area contributed by atoms with Crippen LogP contribution in [-0.4, -0.2) is 27.1 Å². The second-order valence-electron chi connectivity index (χ2n) is 5.37. The fraction of sp³-hybridized carbons (Fsp3) is 0.312. The van der Waals surface area contributed by atoms with Crippen molar-refractivity contribution in [3.63, 3.8) is 0 Å². The van der Waals surface area contributed by atoms with E-state index >= 15 is 0 Å². The number of furan rings is 1. The largest absolute Gasteiger partial charge is 0.467 e. The van der Waals surface area contributed by atoms with Gasteiger partial charge < -0.3 is 9.73 Å². The van der Waals surface area contributed by atoms with E-state index in [0.717, 1.165) is 11.8 Å². The molecule has 1 N–H and O–H groups in total. The molecule has 0 atom stereocenters. The van der Waals surface area contributed by atoms with Crippen LogP contribution in [0, 0.1) is 6.92 Å². The van der Waals surface area contributed by atoms with Crippen LogP contribution in [0.4, 0.5) is 5.69 Å². The molecule has 1 amide bonds. The summed E-state index contributed by atoms with van der Waals surface area (Å²) in [6, 6.07) is 8.43. The van der Waals surface area contributed by atoms with Crippen molar-refractivity contribution < 1.29 is 17.6 Å². The van der Waals surface area contributed by atoms with Gasteiger partial charge in [0.1, 0.15) is 5.76 Å². The predicted molar refractivity (Wildman–Crippen MR) is 93.6 cm³/mol. The van der Waals surface area contributed by atoms with Crippen molar-refractivity contribution in [1.29, 1.82) is 0 Å². The van der Waals surface area contributed by atoms with Crippen LogP contribution < -0.4 is 9.62 Å². The lowest BCUT2D eigenvalue weighted by atomic mass is 10.2. The van der Waals surface area contributed by atoms with Crippen molar-refractivity contribution in [3.8, 4) is 0 Å². The third-order valence-electron chi connectivity index (χ3n) is 3.41. The van der Waals surface area contributed by atoms with E-state index < -0.39 is 10.0 Å². The number of nitrogens with one attached hydrogen (secondary N) is 1. The van der Waals surface area contributed by atoms with Gasteiger partial charge in [-0.05, 0) is 42.8 Å². The third-order valence-corrected chi connectivity index (χ3v) is 4.82. The highest BCUT2D eigenvalue weighted by Gasteiger charge is 2.20. The van der Waals surface area contributed by atoms with Crippen LogP contribution in [-0.2, 0) is 21.4 Å². The summed E-state index contributed by atoms with van der Waals surface area (Å²) in [6.45, 7) is 2.09. The van der Waals surface area contributed by atoms with Crippen molar-refractivity contribution in [2.24, 2.45) is 0 Å². The van der Waals surface area contributed by atoms with E-state index in [2.05, 4.69) is 5.32 Å². The topological polar surface area (TPSA) is 79.6 Å². The Morgan fingerprint density at radius 2 is 2.08 bits per heavy atom. The van der Waals surface area contributed by atoms with Crippen LogP contribution >= 0.6 is 11.6 Å². The van der Waals surface area contributed by atoms with Gasteiger partial charge in [0.25, 0.3) is 0 Å². The quantitative estimate of drug-likeness (QED) is 0.812. The van der Waals surface area contributed by atoms with Crippen LogP contribution in [0.1, 0.15) is 17.7 Å². The van der Waals surface area contributed by atoms with Gasteiger partial charge in [-0.2, -0.15) is 0 Å². The molecule has 0 aliphatic heterocycles. The molecule has 0 unspecified atom stereocenters. The third kappa shape index (κ3) is 5.01. The first kappa shape index (κ1) is 18.4. The molecule has 8 heteroatoms. The molecule has 0 radical (unpaired) electrons. The second kappa shape index (κ2) is 7.72. The summed E-state index contributed by atoms with van der Waals surface area (Å²) in [6.07, 6.45) is 2.67. The van der Waals surface area contributed by atoms with Crippen molar-refractivity contribution in [3.05, 3.63) is 52.9 Å². The molecule has 0 spiro atoms. The van der Waals surface area contributed by atoms with Crippen LogP contribution in [0.3, 0.4) is 0 Å². The van der Waals surface area contributed by atoms with Crippen LogP contribution in [0.25, 0.3) is 0 Å². The number of hydrogen-bond donors (Lipinski definition) is 1. The normalized spacial score (nSPS) is 11.3. The van der Waals surface area contributed by atoms with Gasteiger partial charge in [-0.15, -0.1) is 0 Å². The minimum absolute atomic E-state index is 0.0375. The molecule has 0 aliphatic rings. The molecule has 1 aromatic heterocycles. The molecular formula is C16H19ClN2O4S. The molecule has 2 aromatic rings. The van der Waals surface area contributed by atoms with E-state index in [1.54, 1.807) is 37.3 Å². The van der Waals surface area contributed by atoms with Crippen LogP contribution in [0.15, 0.2) is 41.0 Å². The first-order valence-electron chi connectivity index (χ1n) is 7.30. The highest BCUT2D eigenvalue weighted by Crippen LogP contribution is 2.25. The number of carbonyl (C=O) groups is 1. The van der Waals surface area contributed by atoms with Gasteiger partial charge >= 0.3 is 0 Å². The maximum absolute atomic E-state index is 12.1. The maximum Gasteiger partial charge on any atom is 0.232 e. The molecule has 24 heavy (non-hydrogen) atoms. The number of rotatable bonds is 7. The monoisotopic (exact) mass is 370 g/mol. The van der Waals surface area contributed by atoms with Gasteiger partial charge in [-0.25, -0.2) is 8.42 Å². The summed E-state index contributed by atoms with van der Waals surface area (Å²) >= 11 is 5.91. The standard InChI is InChI=1S/C16H19ClN2O4S/c1-12-10-13(17)5-6-15(12)19(24(2,21)22)8-7-16(20)18-11-14-4-3-9-23-14/h3-6,9-10H,7-8,11H2,1-2H3,(H,18,20). The lowest BCUT2D eigenvalue weighted by Crippen LogP contribution is -2.35. The first-order valence-corrected chi connectivity index (χ1v) is 9.53. The lowest BCUT2D eigenvalue weighted by molar-refractivity contribution is -0.121. The zero-order valence-corrected chi connectivity index (χ0v) is 15.0. The van der Waals surface area contributed by atoms with E-state index in [1.807, 2.05) is 0 Å². The number of nitrogens with zero attached hydrogens (tertiary/aromatic N) is 1. The highest BCUT2D eigenvalue weighted by atomic mass is 35.5. The first-order chi connectivity index (χ1) is 11.3. The number of benzene rings is 1. The molecule has 0 aliphatic carbocycles. The Morgan fingerprint density at radius 1 is 1.33 bits per heavy atom. The maximum atomic E-state index is 12.1. The van der Waals surface area contributed by atoms with Crippen molar-refractivity contribution >= 4 is 33.2 Å². The zero-order chi connectivity index (χ0) is 17.7. The van der Waals surface area contributed by atoms with Gasteiger partial charge in [0.2, 0.25) is 15.9 Å². The van der Waals surface area contributed by atoms with E-state index in [9.17, 15) is 13.2 Å². The Labute approximate surface area is 146 Å². The number of sulfonamides is 1. The molecule has 0 saturated carbocycles. The highest BCUT2D eigenvalue weighted by molar-refractivity contribution is 7.92. The fourth-order valence-corrected chi connectivity index (χ4v) is 3.47. The molecule has 0 fully saturated rings. The van der Waals surface area contributed by atoms with Gasteiger partial charge in [-0.1, -0.05) is 11.6 Å². The summed E-state index contributed by atoms with van der Waals surface area (Å²) in [5.41, 5.74) is 1.24. The number of halogens is 1. The average Bonchev–Trinajstić information content (AvgIpc) is 2.99. The van der Waals surface area contributed by atoms with Crippen LogP contribution in [0.5, 0.6) is 0 Å². The lowest BCUT2D eigenvalue weighted by Gasteiger charge is -2.24. The average molecular weight is 371 g/mol. The van der Waals surface area contributed by atoms with E-state index in [-0.39, 0.29) is 25.4 Å². The van der Waals surface area contributed by atoms with E-state index in [1.165, 1.54) is 10.6 Å². The number of amides is 1. The molecule has 1 heterocycles. The number of anilines is 1. The van der Waals surface area contributed by atoms with Gasteiger partial charge in [-0.3, -0.25) is 9.10 Å². The Hall–Kier alpha value is -1.99. The minimum atomic E-state index is -3.52. The predicted octanol–water partition coefficient (Wildman–Crippen LogP) is 2.71. The van der Waals surface area contributed by atoms with Gasteiger partial charge in [0, 0.05) is 18.0 Å². The van der Waals surface area contributed by atoms with E-state index in [4.69, 9.17) is 16.0 Å². The van der Waals surface area contributed by atoms with Gasteiger partial charge in [0.15, 0.2) is 0 Å². The van der Waals surface area contributed by atoms with Crippen molar-refractivity contribution in [2.45, 2.75) is 19.9 Å². The molecule has 2 rings (SSSR count). The molecule has 1 aromatic carbocycles. The SMILES string of the molecule is Cc1cc(Cl)ccc1N(CCC(=O)NCc1ccco1)S(C)(=O)=O. The second-order valence-corrected chi connectivity index (χ2v) is 7.72. The summed E-state index contributed by atoms with van der Waals surface area (Å²) < 4.78 is 30.5. The van der Waals surface area contributed by atoms with Gasteiger partial charge in [0.05, 0.1) is 24.8 Å². The van der Waals surface area contributed by atoms with Crippen LogP contribution in [0.2, 0.25) is 5.02 Å². The summed E-state index contributed by atoms with van der Waals surface area (Å²) in [5, 5.41) is 3.22. The summed E-state index contributed by atoms with van der Waals surface area (Å²) in [4.78, 5) is 11.9. The Morgan fingerprint density at radius 3 is 2.67 bits per heavy atom. The Kier molecular flexibility index (Phi) is 5.90. The molecule has 6 nitrogen and oxygen atoms in total. The number of aryl methyl sites for hydroxylation is 1. The van der Waals surface area contributed by atoms with E-state index in [0.29, 0.717) is 16.5 Å².